The number of nitrogens with zero attached hydrogens (tertiary/aromatic N) is 2. The predicted octanol–water partition coefficient (Wildman–Crippen LogP) is 6.96. The second-order valence-corrected chi connectivity index (χ2v) is 9.73. The summed E-state index contributed by atoms with van der Waals surface area (Å²) in [5, 5.41) is 10.6. The molecule has 0 atom stereocenters. The molecule has 2 aromatic heterocycles. The van der Waals surface area contributed by atoms with Crippen molar-refractivity contribution in [1.82, 2.24) is 9.78 Å². The summed E-state index contributed by atoms with van der Waals surface area (Å²) in [6.07, 6.45) is 0. The van der Waals surface area contributed by atoms with Crippen molar-refractivity contribution in [1.29, 1.82) is 0 Å². The molecule has 13 heteroatoms. The Kier molecular flexibility index (Phi) is 8.31. The third kappa shape index (κ3) is 5.64. The molecule has 0 unspecified atom stereocenters. The monoisotopic (exact) mass is 580 g/mol. The SMILES string of the molecule is CCOC(=O)c1cc(-c2ccccc2)sc1NC(=S)Nc1c(C)nn(Cc2c(F)c(F)c(F)c(F)c2F)c1C. The van der Waals surface area contributed by atoms with Crippen molar-refractivity contribution in [2.45, 2.75) is 27.3 Å². The number of hydrogen-bond donors (Lipinski definition) is 2. The summed E-state index contributed by atoms with van der Waals surface area (Å²) in [4.78, 5) is 13.4. The molecule has 39 heavy (non-hydrogen) atoms. The largest absolute Gasteiger partial charge is 0.462 e. The Hall–Kier alpha value is -3.84. The topological polar surface area (TPSA) is 68.2 Å². The van der Waals surface area contributed by atoms with E-state index in [4.69, 9.17) is 17.0 Å². The molecule has 6 nitrogen and oxygen atoms in total. The molecule has 4 rings (SSSR count). The highest BCUT2D eigenvalue weighted by molar-refractivity contribution is 7.80. The van der Waals surface area contributed by atoms with E-state index in [2.05, 4.69) is 15.7 Å². The van der Waals surface area contributed by atoms with Crippen molar-refractivity contribution < 1.29 is 31.5 Å². The van der Waals surface area contributed by atoms with Gasteiger partial charge < -0.3 is 15.4 Å². The number of benzene rings is 2. The third-order valence-corrected chi connectivity index (χ3v) is 7.05. The number of thiocarbonyl (C=S) groups is 1. The average molecular weight is 581 g/mol. The van der Waals surface area contributed by atoms with E-state index in [9.17, 15) is 26.7 Å². The number of carbonyl (C=O) groups is 1. The van der Waals surface area contributed by atoms with Crippen LogP contribution in [0.1, 0.15) is 34.2 Å². The standard InChI is InChI=1S/C26H21F5N4O2S2/c1-4-37-25(36)15-10-17(14-8-6-5-7-9-14)39-24(15)33-26(38)32-23-12(2)34-35(13(23)3)11-16-18(27)20(29)22(31)21(30)19(16)28/h5-10H,4,11H2,1-3H3,(H2,32,33,38). The molecule has 204 valence electrons. The number of thiophene rings is 1. The first-order chi connectivity index (χ1) is 18.5. The third-order valence-electron chi connectivity index (χ3n) is 5.74. The Labute approximate surface area is 229 Å². The average Bonchev–Trinajstić information content (AvgIpc) is 3.45. The number of aromatic nitrogens is 2. The van der Waals surface area contributed by atoms with Gasteiger partial charge in [-0.05, 0) is 44.6 Å². The summed E-state index contributed by atoms with van der Waals surface area (Å²) < 4.78 is 75.4. The van der Waals surface area contributed by atoms with E-state index in [1.54, 1.807) is 26.8 Å². The smallest absolute Gasteiger partial charge is 0.341 e. The lowest BCUT2D eigenvalue weighted by atomic mass is 10.1. The lowest BCUT2D eigenvalue weighted by molar-refractivity contribution is 0.0528. The van der Waals surface area contributed by atoms with Crippen LogP contribution in [-0.2, 0) is 11.3 Å². The number of rotatable bonds is 7. The van der Waals surface area contributed by atoms with Gasteiger partial charge in [-0.3, -0.25) is 4.68 Å². The number of carbonyl (C=O) groups excluding carboxylic acids is 1. The fraction of sp³-hybridized carbons (Fsp3) is 0.192. The van der Waals surface area contributed by atoms with Gasteiger partial charge in [-0.2, -0.15) is 5.10 Å². The molecule has 0 fully saturated rings. The van der Waals surface area contributed by atoms with Gasteiger partial charge in [0, 0.05) is 4.88 Å². The van der Waals surface area contributed by atoms with Crippen LogP contribution in [0.15, 0.2) is 36.4 Å². The van der Waals surface area contributed by atoms with Crippen LogP contribution in [0.5, 0.6) is 0 Å². The van der Waals surface area contributed by atoms with Gasteiger partial charge in [-0.15, -0.1) is 11.3 Å². The highest BCUT2D eigenvalue weighted by Gasteiger charge is 2.27. The molecule has 0 aliphatic carbocycles. The van der Waals surface area contributed by atoms with Crippen LogP contribution in [-0.4, -0.2) is 27.5 Å². The summed E-state index contributed by atoms with van der Waals surface area (Å²) in [5.41, 5.74) is 1.18. The van der Waals surface area contributed by atoms with Crippen LogP contribution in [0, 0.1) is 42.9 Å². The minimum absolute atomic E-state index is 0.0731. The van der Waals surface area contributed by atoms with Crippen molar-refractivity contribution in [2.75, 3.05) is 17.2 Å². The molecular formula is C26H21F5N4O2S2. The molecule has 0 aliphatic heterocycles. The number of halogens is 5. The maximum absolute atomic E-state index is 14.2. The van der Waals surface area contributed by atoms with E-state index in [0.717, 1.165) is 15.1 Å². The Morgan fingerprint density at radius 3 is 2.23 bits per heavy atom. The molecule has 0 bridgehead atoms. The molecule has 0 saturated heterocycles. The molecule has 0 saturated carbocycles. The molecule has 2 aromatic carbocycles. The Morgan fingerprint density at radius 2 is 1.62 bits per heavy atom. The van der Waals surface area contributed by atoms with E-state index in [1.807, 2.05) is 30.3 Å². The molecule has 2 N–H and O–H groups in total. The minimum atomic E-state index is -2.23. The van der Waals surface area contributed by atoms with Crippen LogP contribution in [0.2, 0.25) is 0 Å². The van der Waals surface area contributed by atoms with Crippen molar-refractivity contribution in [3.8, 4) is 10.4 Å². The van der Waals surface area contributed by atoms with E-state index < -0.39 is 47.2 Å². The first-order valence-electron chi connectivity index (χ1n) is 11.5. The molecule has 4 aromatic rings. The predicted molar refractivity (Wildman–Crippen MR) is 143 cm³/mol. The summed E-state index contributed by atoms with van der Waals surface area (Å²) in [6, 6.07) is 11.1. The van der Waals surface area contributed by atoms with Gasteiger partial charge in [0.1, 0.15) is 5.00 Å². The maximum atomic E-state index is 14.2. The first kappa shape index (κ1) is 28.2. The van der Waals surface area contributed by atoms with Gasteiger partial charge >= 0.3 is 5.97 Å². The summed E-state index contributed by atoms with van der Waals surface area (Å²) in [7, 11) is 0. The second-order valence-electron chi connectivity index (χ2n) is 8.27. The fourth-order valence-electron chi connectivity index (χ4n) is 3.81. The van der Waals surface area contributed by atoms with Crippen LogP contribution in [0.25, 0.3) is 10.4 Å². The molecule has 0 radical (unpaired) electrons. The van der Waals surface area contributed by atoms with Crippen molar-refractivity contribution in [3.05, 3.63) is 88.0 Å². The Morgan fingerprint density at radius 1 is 1.00 bits per heavy atom. The number of nitrogens with one attached hydrogen (secondary N) is 2. The number of ether oxygens (including phenoxy) is 1. The van der Waals surface area contributed by atoms with Crippen LogP contribution in [0.3, 0.4) is 0 Å². The van der Waals surface area contributed by atoms with Gasteiger partial charge in [-0.25, -0.2) is 26.7 Å². The van der Waals surface area contributed by atoms with Crippen molar-refractivity contribution >= 4 is 45.3 Å². The highest BCUT2D eigenvalue weighted by Crippen LogP contribution is 2.36. The number of hydrogen-bond acceptors (Lipinski definition) is 5. The van der Waals surface area contributed by atoms with Gasteiger partial charge in [0.15, 0.2) is 28.4 Å². The van der Waals surface area contributed by atoms with Crippen molar-refractivity contribution in [3.63, 3.8) is 0 Å². The lowest BCUT2D eigenvalue weighted by Gasteiger charge is -2.12. The summed E-state index contributed by atoms with van der Waals surface area (Å²) in [5.74, 6) is -10.7. The van der Waals surface area contributed by atoms with Crippen LogP contribution < -0.4 is 10.6 Å². The molecule has 0 spiro atoms. The normalized spacial score (nSPS) is 11.0. The fourth-order valence-corrected chi connectivity index (χ4v) is 5.13. The quantitative estimate of drug-likeness (QED) is 0.0810. The van der Waals surface area contributed by atoms with Gasteiger partial charge in [0.25, 0.3) is 0 Å². The Bertz CT molecular complexity index is 1540. The van der Waals surface area contributed by atoms with E-state index in [1.165, 1.54) is 11.3 Å². The zero-order valence-electron chi connectivity index (χ0n) is 20.8. The zero-order valence-corrected chi connectivity index (χ0v) is 22.4. The molecule has 2 heterocycles. The first-order valence-corrected chi connectivity index (χ1v) is 12.7. The zero-order chi connectivity index (χ0) is 28.4. The number of anilines is 2. The van der Waals surface area contributed by atoms with Crippen molar-refractivity contribution in [2.24, 2.45) is 0 Å². The van der Waals surface area contributed by atoms with Crippen LogP contribution in [0.4, 0.5) is 32.6 Å². The molecule has 0 amide bonds. The molecule has 0 aliphatic rings. The number of aryl methyl sites for hydroxylation is 1. The lowest BCUT2D eigenvalue weighted by Crippen LogP contribution is -2.21. The maximum Gasteiger partial charge on any atom is 0.341 e. The van der Waals surface area contributed by atoms with E-state index >= 15 is 0 Å². The summed E-state index contributed by atoms with van der Waals surface area (Å²) in [6.45, 7) is 4.28. The van der Waals surface area contributed by atoms with E-state index in [-0.39, 0.29) is 17.3 Å². The summed E-state index contributed by atoms with van der Waals surface area (Å²) >= 11 is 6.72. The highest BCUT2D eigenvalue weighted by atomic mass is 32.1. The van der Waals surface area contributed by atoms with Gasteiger partial charge in [-0.1, -0.05) is 30.3 Å². The molecular weight excluding hydrogens is 559 g/mol. The van der Waals surface area contributed by atoms with Gasteiger partial charge in [0.2, 0.25) is 5.82 Å². The van der Waals surface area contributed by atoms with Crippen LogP contribution >= 0.6 is 23.6 Å². The van der Waals surface area contributed by atoms with Gasteiger partial charge in [0.05, 0.1) is 41.4 Å². The Balaban J connectivity index is 1.59. The second kappa shape index (κ2) is 11.5. The van der Waals surface area contributed by atoms with E-state index in [0.29, 0.717) is 22.1 Å². The number of esters is 1. The minimum Gasteiger partial charge on any atom is -0.462 e.